The van der Waals surface area contributed by atoms with Crippen LogP contribution in [-0.2, 0) is 0 Å². The van der Waals surface area contributed by atoms with Crippen LogP contribution in [0.15, 0.2) is 35.8 Å². The first-order valence-corrected chi connectivity index (χ1v) is 6.08. The lowest BCUT2D eigenvalue weighted by Crippen LogP contribution is -2.08. The molecule has 1 aromatic heterocycles. The Labute approximate surface area is 98.6 Å². The zero-order valence-corrected chi connectivity index (χ0v) is 9.65. The molecule has 1 aromatic carbocycles. The van der Waals surface area contributed by atoms with Crippen LogP contribution >= 0.6 is 11.3 Å². The minimum atomic E-state index is 0.103. The lowest BCUT2D eigenvalue weighted by Gasteiger charge is -2.15. The molecule has 2 rings (SSSR count). The summed E-state index contributed by atoms with van der Waals surface area (Å²) in [5.41, 5.74) is 6.52. The number of hydrogen-bond donors (Lipinski definition) is 2. The van der Waals surface area contributed by atoms with Gasteiger partial charge < -0.3 is 10.8 Å². The summed E-state index contributed by atoms with van der Waals surface area (Å²) in [6.45, 7) is 0.582. The van der Waals surface area contributed by atoms with Crippen molar-refractivity contribution in [3.8, 4) is 5.75 Å². The van der Waals surface area contributed by atoms with Gasteiger partial charge in [0.1, 0.15) is 10.8 Å². The molecule has 0 saturated carbocycles. The van der Waals surface area contributed by atoms with E-state index in [1.54, 1.807) is 23.6 Å². The van der Waals surface area contributed by atoms with E-state index in [2.05, 4.69) is 4.98 Å². The maximum Gasteiger partial charge on any atom is 0.119 e. The van der Waals surface area contributed by atoms with Gasteiger partial charge >= 0.3 is 0 Å². The second kappa shape index (κ2) is 5.09. The Hall–Kier alpha value is -1.39. The van der Waals surface area contributed by atoms with Crippen molar-refractivity contribution in [2.75, 3.05) is 6.54 Å². The molecule has 0 saturated heterocycles. The van der Waals surface area contributed by atoms with Crippen LogP contribution in [0.25, 0.3) is 0 Å². The molecule has 0 aliphatic rings. The number of rotatable bonds is 4. The first-order chi connectivity index (χ1) is 7.83. The van der Waals surface area contributed by atoms with E-state index in [4.69, 9.17) is 5.73 Å². The summed E-state index contributed by atoms with van der Waals surface area (Å²) in [6.07, 6.45) is 2.58. The van der Waals surface area contributed by atoms with E-state index in [1.165, 1.54) is 0 Å². The number of benzene rings is 1. The molecule has 84 valence electrons. The van der Waals surface area contributed by atoms with E-state index >= 15 is 0 Å². The summed E-state index contributed by atoms with van der Waals surface area (Å²) in [7, 11) is 0. The molecule has 3 N–H and O–H groups in total. The topological polar surface area (TPSA) is 59.1 Å². The summed E-state index contributed by atoms with van der Waals surface area (Å²) in [6, 6.07) is 7.37. The van der Waals surface area contributed by atoms with Gasteiger partial charge in [0.05, 0.1) is 0 Å². The molecule has 0 bridgehead atoms. The third-order valence-corrected chi connectivity index (χ3v) is 3.41. The number of nitrogens with two attached hydrogens (primary N) is 1. The molecule has 0 amide bonds. The van der Waals surface area contributed by atoms with E-state index in [0.29, 0.717) is 12.3 Å². The van der Waals surface area contributed by atoms with Crippen LogP contribution in [0.1, 0.15) is 22.9 Å². The van der Waals surface area contributed by atoms with Crippen molar-refractivity contribution in [2.45, 2.75) is 12.3 Å². The Morgan fingerprint density at radius 1 is 1.38 bits per heavy atom. The normalized spacial score (nSPS) is 12.6. The predicted molar refractivity (Wildman–Crippen MR) is 65.7 cm³/mol. The van der Waals surface area contributed by atoms with E-state index in [0.717, 1.165) is 17.0 Å². The minimum Gasteiger partial charge on any atom is -0.508 e. The van der Waals surface area contributed by atoms with Crippen LogP contribution < -0.4 is 5.73 Å². The van der Waals surface area contributed by atoms with Gasteiger partial charge in [0.15, 0.2) is 0 Å². The standard InChI is InChI=1S/C12H14N2OS/c13-6-5-10(12-14-7-8-16-12)9-3-1-2-4-11(9)15/h1-4,7-8,10,15H,5-6,13H2. The van der Waals surface area contributed by atoms with Gasteiger partial charge in [0.2, 0.25) is 0 Å². The molecule has 0 spiro atoms. The van der Waals surface area contributed by atoms with Crippen LogP contribution in [0.5, 0.6) is 5.75 Å². The Morgan fingerprint density at radius 3 is 2.81 bits per heavy atom. The average Bonchev–Trinajstić information content (AvgIpc) is 2.80. The lowest BCUT2D eigenvalue weighted by molar-refractivity contribution is 0.463. The second-order valence-corrected chi connectivity index (χ2v) is 4.49. The molecule has 1 unspecified atom stereocenters. The van der Waals surface area contributed by atoms with Gasteiger partial charge in [-0.1, -0.05) is 18.2 Å². The average molecular weight is 234 g/mol. The fraction of sp³-hybridized carbons (Fsp3) is 0.250. The fourth-order valence-corrected chi connectivity index (χ4v) is 2.56. The smallest absolute Gasteiger partial charge is 0.119 e. The summed E-state index contributed by atoms with van der Waals surface area (Å²) < 4.78 is 0. The Bertz CT molecular complexity index is 442. The number of phenols is 1. The number of hydrogen-bond acceptors (Lipinski definition) is 4. The van der Waals surface area contributed by atoms with Crippen molar-refractivity contribution in [3.05, 3.63) is 46.4 Å². The Morgan fingerprint density at radius 2 is 2.19 bits per heavy atom. The molecule has 1 heterocycles. The molecule has 16 heavy (non-hydrogen) atoms. The van der Waals surface area contributed by atoms with E-state index in [1.807, 2.05) is 23.6 Å². The van der Waals surface area contributed by atoms with Gasteiger partial charge in [-0.2, -0.15) is 0 Å². The van der Waals surface area contributed by atoms with Crippen molar-refractivity contribution >= 4 is 11.3 Å². The summed E-state index contributed by atoms with van der Waals surface area (Å²) >= 11 is 1.60. The lowest BCUT2D eigenvalue weighted by atomic mass is 9.95. The van der Waals surface area contributed by atoms with Crippen molar-refractivity contribution in [1.29, 1.82) is 0 Å². The molecular formula is C12H14N2OS. The molecular weight excluding hydrogens is 220 g/mol. The van der Waals surface area contributed by atoms with Crippen molar-refractivity contribution in [1.82, 2.24) is 4.98 Å². The molecule has 0 fully saturated rings. The van der Waals surface area contributed by atoms with Gasteiger partial charge in [0.25, 0.3) is 0 Å². The van der Waals surface area contributed by atoms with Crippen molar-refractivity contribution in [2.24, 2.45) is 5.73 Å². The summed E-state index contributed by atoms with van der Waals surface area (Å²) in [5.74, 6) is 0.419. The monoisotopic (exact) mass is 234 g/mol. The predicted octanol–water partition coefficient (Wildman–Crippen LogP) is 2.33. The van der Waals surface area contributed by atoms with Crippen molar-refractivity contribution in [3.63, 3.8) is 0 Å². The molecule has 2 aromatic rings. The molecule has 0 radical (unpaired) electrons. The van der Waals surface area contributed by atoms with Crippen LogP contribution in [-0.4, -0.2) is 16.6 Å². The number of aromatic hydroxyl groups is 1. The first kappa shape index (κ1) is 11.1. The van der Waals surface area contributed by atoms with Gasteiger partial charge in [-0.15, -0.1) is 11.3 Å². The molecule has 0 aliphatic carbocycles. The van der Waals surface area contributed by atoms with Gasteiger partial charge in [-0.3, -0.25) is 0 Å². The molecule has 4 heteroatoms. The fourth-order valence-electron chi connectivity index (χ4n) is 1.77. The van der Waals surface area contributed by atoms with E-state index in [9.17, 15) is 5.11 Å². The van der Waals surface area contributed by atoms with Crippen LogP contribution in [0.3, 0.4) is 0 Å². The van der Waals surface area contributed by atoms with E-state index in [-0.39, 0.29) is 5.92 Å². The van der Waals surface area contributed by atoms with Crippen LogP contribution in [0, 0.1) is 0 Å². The second-order valence-electron chi connectivity index (χ2n) is 3.56. The third kappa shape index (κ3) is 2.23. The van der Waals surface area contributed by atoms with Gasteiger partial charge in [-0.05, 0) is 19.0 Å². The van der Waals surface area contributed by atoms with Crippen LogP contribution in [0.4, 0.5) is 0 Å². The number of phenolic OH excluding ortho intramolecular Hbond substituents is 1. The highest BCUT2D eigenvalue weighted by molar-refractivity contribution is 7.09. The highest BCUT2D eigenvalue weighted by atomic mass is 32.1. The Balaban J connectivity index is 2.37. The zero-order valence-electron chi connectivity index (χ0n) is 8.84. The summed E-state index contributed by atoms with van der Waals surface area (Å²) in [5, 5.41) is 12.8. The molecule has 1 atom stereocenters. The number of para-hydroxylation sites is 1. The number of thiazole rings is 1. The van der Waals surface area contributed by atoms with Crippen molar-refractivity contribution < 1.29 is 5.11 Å². The third-order valence-electron chi connectivity index (χ3n) is 2.52. The SMILES string of the molecule is NCCC(c1nccs1)c1ccccc1O. The molecule has 0 aliphatic heterocycles. The highest BCUT2D eigenvalue weighted by Gasteiger charge is 2.18. The van der Waals surface area contributed by atoms with E-state index < -0.39 is 0 Å². The number of aromatic nitrogens is 1. The quantitative estimate of drug-likeness (QED) is 0.853. The van der Waals surface area contributed by atoms with Gasteiger partial charge in [-0.25, -0.2) is 4.98 Å². The Kier molecular flexibility index (Phi) is 3.54. The maximum atomic E-state index is 9.84. The number of nitrogens with zero attached hydrogens (tertiary/aromatic N) is 1. The molecule has 3 nitrogen and oxygen atoms in total. The largest absolute Gasteiger partial charge is 0.508 e. The minimum absolute atomic E-state index is 0.103. The highest BCUT2D eigenvalue weighted by Crippen LogP contribution is 2.34. The maximum absolute atomic E-state index is 9.84. The van der Waals surface area contributed by atoms with Gasteiger partial charge in [0, 0.05) is 23.1 Å². The summed E-state index contributed by atoms with van der Waals surface area (Å²) in [4.78, 5) is 4.30. The first-order valence-electron chi connectivity index (χ1n) is 5.20. The van der Waals surface area contributed by atoms with Crippen LogP contribution in [0.2, 0.25) is 0 Å². The zero-order chi connectivity index (χ0) is 11.4.